The standard InChI is InChI=1S/C26H29N2O3/c1-3-31-27-14-12-21(13-15-27)8-9-22-10-11-26-24(20-22)23-6-4-5-7-25(23)28(26)16-17-30-19-18-29-2/h4-15,20H,3,16-19H2,1-2H3/q+1. The number of para-hydroxylation sites is 1. The first kappa shape index (κ1) is 21.1. The molecule has 0 saturated heterocycles. The summed E-state index contributed by atoms with van der Waals surface area (Å²) in [6.45, 7) is 5.33. The summed E-state index contributed by atoms with van der Waals surface area (Å²) in [5.74, 6) is 0. The molecule has 0 fully saturated rings. The highest BCUT2D eigenvalue weighted by atomic mass is 16.7. The quantitative estimate of drug-likeness (QED) is 0.284. The van der Waals surface area contributed by atoms with Crippen molar-refractivity contribution in [2.45, 2.75) is 13.5 Å². The Kier molecular flexibility index (Phi) is 6.97. The summed E-state index contributed by atoms with van der Waals surface area (Å²) < 4.78 is 14.8. The van der Waals surface area contributed by atoms with Gasteiger partial charge in [0.05, 0.1) is 19.8 Å². The van der Waals surface area contributed by atoms with Gasteiger partial charge in [0.2, 0.25) is 12.4 Å². The van der Waals surface area contributed by atoms with Crippen LogP contribution in [0.25, 0.3) is 34.0 Å². The molecule has 0 atom stereocenters. The van der Waals surface area contributed by atoms with E-state index in [1.807, 2.05) is 31.5 Å². The molecule has 0 bridgehead atoms. The molecule has 2 aromatic heterocycles. The fraction of sp³-hybridized carbons (Fsp3) is 0.269. The van der Waals surface area contributed by atoms with Crippen molar-refractivity contribution in [3.63, 3.8) is 0 Å². The first-order valence-corrected chi connectivity index (χ1v) is 10.7. The second kappa shape index (κ2) is 10.2. The van der Waals surface area contributed by atoms with Crippen LogP contribution in [0.3, 0.4) is 0 Å². The number of nitrogens with zero attached hydrogens (tertiary/aromatic N) is 2. The van der Waals surface area contributed by atoms with E-state index in [-0.39, 0.29) is 0 Å². The van der Waals surface area contributed by atoms with Crippen LogP contribution >= 0.6 is 0 Å². The monoisotopic (exact) mass is 417 g/mol. The largest absolute Gasteiger partial charge is 0.382 e. The molecule has 4 aromatic rings. The van der Waals surface area contributed by atoms with E-state index in [2.05, 4.69) is 59.2 Å². The number of ether oxygens (including phenoxy) is 2. The predicted octanol–water partition coefficient (Wildman–Crippen LogP) is 4.36. The van der Waals surface area contributed by atoms with Crippen molar-refractivity contribution in [2.75, 3.05) is 33.5 Å². The number of methoxy groups -OCH3 is 1. The van der Waals surface area contributed by atoms with E-state index in [0.29, 0.717) is 26.4 Å². The molecule has 2 aromatic carbocycles. The van der Waals surface area contributed by atoms with Crippen LogP contribution in [0.2, 0.25) is 0 Å². The van der Waals surface area contributed by atoms with E-state index in [1.165, 1.54) is 27.4 Å². The molecule has 0 amide bonds. The van der Waals surface area contributed by atoms with Crippen LogP contribution in [-0.4, -0.2) is 38.1 Å². The molecule has 5 heteroatoms. The Morgan fingerprint density at radius 1 is 0.839 bits per heavy atom. The van der Waals surface area contributed by atoms with Crippen LogP contribution in [-0.2, 0) is 16.0 Å². The van der Waals surface area contributed by atoms with Crippen molar-refractivity contribution in [1.29, 1.82) is 0 Å². The lowest BCUT2D eigenvalue weighted by atomic mass is 10.1. The van der Waals surface area contributed by atoms with Gasteiger partial charge < -0.3 is 14.0 Å². The Labute approximate surface area is 183 Å². The van der Waals surface area contributed by atoms with E-state index in [1.54, 1.807) is 11.8 Å². The molecule has 2 heterocycles. The van der Waals surface area contributed by atoms with Crippen LogP contribution in [0.15, 0.2) is 67.0 Å². The van der Waals surface area contributed by atoms with Gasteiger partial charge in [-0.15, -0.1) is 0 Å². The molecule has 0 radical (unpaired) electrons. The summed E-state index contributed by atoms with van der Waals surface area (Å²) in [4.78, 5) is 5.44. The third-order valence-corrected chi connectivity index (χ3v) is 5.26. The molecule has 160 valence electrons. The van der Waals surface area contributed by atoms with E-state index >= 15 is 0 Å². The SMILES string of the molecule is CCO[n+]1ccc(C=Cc2ccc3c(c2)c2ccccc2n3CCOCCOC)cc1. The number of hydrogen-bond acceptors (Lipinski definition) is 3. The van der Waals surface area contributed by atoms with Gasteiger partial charge in [0.25, 0.3) is 0 Å². The molecular formula is C26H29N2O3+. The molecule has 0 aliphatic carbocycles. The number of benzene rings is 2. The van der Waals surface area contributed by atoms with Crippen molar-refractivity contribution in [3.05, 3.63) is 78.1 Å². The summed E-state index contributed by atoms with van der Waals surface area (Å²) in [6.07, 6.45) is 8.13. The van der Waals surface area contributed by atoms with E-state index in [0.717, 1.165) is 12.1 Å². The molecular weight excluding hydrogens is 388 g/mol. The number of rotatable bonds is 10. The van der Waals surface area contributed by atoms with Crippen molar-refractivity contribution >= 4 is 34.0 Å². The summed E-state index contributed by atoms with van der Waals surface area (Å²) >= 11 is 0. The first-order valence-electron chi connectivity index (χ1n) is 10.7. The van der Waals surface area contributed by atoms with E-state index in [9.17, 15) is 0 Å². The Balaban J connectivity index is 1.59. The second-order valence-electron chi connectivity index (χ2n) is 7.29. The van der Waals surface area contributed by atoms with Gasteiger partial charge >= 0.3 is 0 Å². The average molecular weight is 418 g/mol. The zero-order chi connectivity index (χ0) is 21.5. The minimum absolute atomic E-state index is 0.618. The van der Waals surface area contributed by atoms with Gasteiger partial charge in [-0.05, 0) is 36.2 Å². The van der Waals surface area contributed by atoms with Gasteiger partial charge in [0.1, 0.15) is 0 Å². The maximum absolute atomic E-state index is 5.71. The lowest BCUT2D eigenvalue weighted by Gasteiger charge is -2.08. The molecule has 0 unspecified atom stereocenters. The third-order valence-electron chi connectivity index (χ3n) is 5.26. The maximum Gasteiger partial charge on any atom is 0.223 e. The van der Waals surface area contributed by atoms with Crippen LogP contribution in [0.1, 0.15) is 18.1 Å². The molecule has 4 rings (SSSR count). The van der Waals surface area contributed by atoms with Crippen LogP contribution in [0.4, 0.5) is 0 Å². The van der Waals surface area contributed by atoms with Crippen molar-refractivity contribution in [2.24, 2.45) is 0 Å². The number of hydrogen-bond donors (Lipinski definition) is 0. The Morgan fingerprint density at radius 2 is 1.61 bits per heavy atom. The minimum Gasteiger partial charge on any atom is -0.382 e. The fourth-order valence-electron chi connectivity index (χ4n) is 3.78. The molecule has 31 heavy (non-hydrogen) atoms. The second-order valence-corrected chi connectivity index (χ2v) is 7.29. The Morgan fingerprint density at radius 3 is 2.42 bits per heavy atom. The number of aromatic nitrogens is 2. The Hall–Kier alpha value is -3.15. The van der Waals surface area contributed by atoms with Crippen LogP contribution in [0.5, 0.6) is 0 Å². The average Bonchev–Trinajstić information content (AvgIpc) is 3.12. The van der Waals surface area contributed by atoms with Gasteiger partial charge in [0, 0.05) is 52.3 Å². The van der Waals surface area contributed by atoms with Crippen molar-refractivity contribution in [3.8, 4) is 0 Å². The van der Waals surface area contributed by atoms with Gasteiger partial charge in [-0.2, -0.15) is 0 Å². The van der Waals surface area contributed by atoms with Crippen LogP contribution < -0.4 is 9.57 Å². The van der Waals surface area contributed by atoms with E-state index < -0.39 is 0 Å². The zero-order valence-corrected chi connectivity index (χ0v) is 18.2. The molecule has 0 N–H and O–H groups in total. The Bertz CT molecular complexity index is 1160. The lowest BCUT2D eigenvalue weighted by molar-refractivity contribution is -0.890. The normalized spacial score (nSPS) is 11.7. The van der Waals surface area contributed by atoms with Gasteiger partial charge in [-0.1, -0.05) is 36.4 Å². The molecule has 0 aliphatic heterocycles. The van der Waals surface area contributed by atoms with Gasteiger partial charge in [-0.3, -0.25) is 4.84 Å². The maximum atomic E-state index is 5.71. The minimum atomic E-state index is 0.618. The summed E-state index contributed by atoms with van der Waals surface area (Å²) in [5, 5.41) is 2.53. The highest BCUT2D eigenvalue weighted by Crippen LogP contribution is 2.30. The van der Waals surface area contributed by atoms with E-state index in [4.69, 9.17) is 14.3 Å². The predicted molar refractivity (Wildman–Crippen MR) is 125 cm³/mol. The first-order chi connectivity index (χ1) is 15.3. The summed E-state index contributed by atoms with van der Waals surface area (Å²) in [7, 11) is 1.69. The fourth-order valence-corrected chi connectivity index (χ4v) is 3.78. The lowest BCUT2D eigenvalue weighted by Crippen LogP contribution is -2.41. The zero-order valence-electron chi connectivity index (χ0n) is 18.2. The topological polar surface area (TPSA) is 36.5 Å². The van der Waals surface area contributed by atoms with Crippen molar-refractivity contribution < 1.29 is 19.0 Å². The third kappa shape index (κ3) is 4.95. The van der Waals surface area contributed by atoms with Gasteiger partial charge in [0.15, 0.2) is 6.61 Å². The molecule has 0 aliphatic rings. The highest BCUT2D eigenvalue weighted by molar-refractivity contribution is 6.08. The molecule has 0 saturated carbocycles. The van der Waals surface area contributed by atoms with Gasteiger partial charge in [-0.25, -0.2) is 0 Å². The smallest absolute Gasteiger partial charge is 0.223 e. The highest BCUT2D eigenvalue weighted by Gasteiger charge is 2.10. The molecule has 0 spiro atoms. The number of pyridine rings is 1. The molecule has 5 nitrogen and oxygen atoms in total. The summed E-state index contributed by atoms with van der Waals surface area (Å²) in [5.41, 5.74) is 4.77. The van der Waals surface area contributed by atoms with Crippen molar-refractivity contribution in [1.82, 2.24) is 4.57 Å². The number of fused-ring (bicyclic) bond motifs is 3. The van der Waals surface area contributed by atoms with Crippen LogP contribution in [0, 0.1) is 0 Å². The summed E-state index contributed by atoms with van der Waals surface area (Å²) in [6, 6.07) is 19.3.